The van der Waals surface area contributed by atoms with E-state index < -0.39 is 17.5 Å². The van der Waals surface area contributed by atoms with E-state index in [1.165, 1.54) is 6.92 Å². The Kier molecular flexibility index (Phi) is 5.45. The van der Waals surface area contributed by atoms with Crippen molar-refractivity contribution in [2.45, 2.75) is 25.8 Å². The van der Waals surface area contributed by atoms with Crippen molar-refractivity contribution >= 4 is 23.5 Å². The van der Waals surface area contributed by atoms with E-state index >= 15 is 0 Å². The average Bonchev–Trinajstić information content (AvgIpc) is 1.84. The Labute approximate surface area is 75.8 Å². The van der Waals surface area contributed by atoms with Crippen molar-refractivity contribution in [3.05, 3.63) is 0 Å². The summed E-state index contributed by atoms with van der Waals surface area (Å²) in [4.78, 5) is 21.4. The zero-order chi connectivity index (χ0) is 9.56. The molecule has 0 saturated carbocycles. The van der Waals surface area contributed by atoms with Gasteiger partial charge in [0.25, 0.3) is 0 Å². The van der Waals surface area contributed by atoms with Gasteiger partial charge in [0, 0.05) is 0 Å². The van der Waals surface area contributed by atoms with Crippen molar-refractivity contribution in [1.29, 1.82) is 0 Å². The normalized spacial score (nSPS) is 11.9. The molecule has 12 heavy (non-hydrogen) atoms. The zero-order valence-corrected chi connectivity index (χ0v) is 7.76. The molecule has 0 fully saturated rings. The Morgan fingerprint density at radius 3 is 2.42 bits per heavy atom. The molecule has 0 aromatic carbocycles. The summed E-state index contributed by atoms with van der Waals surface area (Å²) < 4.78 is 9.00. The lowest BCUT2D eigenvalue weighted by Gasteiger charge is -2.05. The summed E-state index contributed by atoms with van der Waals surface area (Å²) in [6.45, 7) is 3.40. The quantitative estimate of drug-likeness (QED) is 0.382. The summed E-state index contributed by atoms with van der Waals surface area (Å²) in [7, 11) is 0. The first-order chi connectivity index (χ1) is 5.56. The molecule has 0 spiro atoms. The molecule has 1 atom stereocenters. The minimum absolute atomic E-state index is 0.253. The third-order valence-corrected chi connectivity index (χ3v) is 0.977. The number of hydrogen-bond acceptors (Lipinski definition) is 4. The highest BCUT2D eigenvalue weighted by Gasteiger charge is 2.12. The summed E-state index contributed by atoms with van der Waals surface area (Å²) in [5.74, 6) is -1.27. The lowest BCUT2D eigenvalue weighted by Crippen LogP contribution is -2.16. The molecule has 0 amide bonds. The molecule has 0 aliphatic heterocycles. The van der Waals surface area contributed by atoms with Gasteiger partial charge in [-0.3, -0.25) is 9.59 Å². The van der Waals surface area contributed by atoms with Gasteiger partial charge in [-0.15, -0.1) is 0 Å². The van der Waals surface area contributed by atoms with Gasteiger partial charge in [-0.05, 0) is 13.8 Å². The second-order valence-electron chi connectivity index (χ2n) is 2.01. The summed E-state index contributed by atoms with van der Waals surface area (Å²) >= 11 is 5.34. The molecule has 4 nitrogen and oxygen atoms in total. The first kappa shape index (κ1) is 11.2. The topological polar surface area (TPSA) is 52.6 Å². The highest BCUT2D eigenvalue weighted by Crippen LogP contribution is 1.99. The molecule has 70 valence electrons. The number of esters is 2. The molecule has 0 aliphatic carbocycles. The van der Waals surface area contributed by atoms with E-state index in [0.29, 0.717) is 0 Å². The Morgan fingerprint density at radius 2 is 2.00 bits per heavy atom. The van der Waals surface area contributed by atoms with Gasteiger partial charge in [-0.1, -0.05) is 11.6 Å². The van der Waals surface area contributed by atoms with E-state index in [0.717, 1.165) is 0 Å². The van der Waals surface area contributed by atoms with Crippen molar-refractivity contribution < 1.29 is 19.1 Å². The van der Waals surface area contributed by atoms with Gasteiger partial charge in [-0.2, -0.15) is 0 Å². The monoisotopic (exact) mass is 194 g/mol. The molecular formula is C7H11ClO4. The maximum Gasteiger partial charge on any atom is 0.318 e. The zero-order valence-electron chi connectivity index (χ0n) is 7.00. The van der Waals surface area contributed by atoms with Crippen LogP contribution in [0.3, 0.4) is 0 Å². The van der Waals surface area contributed by atoms with E-state index in [1.807, 2.05) is 0 Å². The predicted molar refractivity (Wildman–Crippen MR) is 42.7 cm³/mol. The number of carbonyl (C=O) groups excluding carboxylic acids is 2. The van der Waals surface area contributed by atoms with E-state index in [9.17, 15) is 9.59 Å². The van der Waals surface area contributed by atoms with E-state index in [4.69, 9.17) is 11.6 Å². The fourth-order valence-electron chi connectivity index (χ4n) is 0.553. The molecule has 1 unspecified atom stereocenters. The second-order valence-corrected chi connectivity index (χ2v) is 2.63. The molecule has 0 aromatic heterocycles. The van der Waals surface area contributed by atoms with Crippen LogP contribution in [0.5, 0.6) is 0 Å². The number of alkyl halides is 1. The second kappa shape index (κ2) is 5.83. The molecule has 0 aliphatic rings. The highest BCUT2D eigenvalue weighted by molar-refractivity contribution is 6.20. The largest absolute Gasteiger partial charge is 0.466 e. The van der Waals surface area contributed by atoms with Crippen molar-refractivity contribution in [2.75, 3.05) is 6.61 Å². The summed E-state index contributed by atoms with van der Waals surface area (Å²) in [5.41, 5.74) is -0.716. The summed E-state index contributed by atoms with van der Waals surface area (Å²) in [5, 5.41) is 0. The molecule has 0 aromatic rings. The van der Waals surface area contributed by atoms with Crippen LogP contribution in [0.4, 0.5) is 0 Å². The van der Waals surface area contributed by atoms with Crippen LogP contribution >= 0.6 is 11.6 Å². The van der Waals surface area contributed by atoms with Gasteiger partial charge in [-0.25, -0.2) is 0 Å². The van der Waals surface area contributed by atoms with Crippen LogP contribution in [0, 0.1) is 0 Å². The first-order valence-corrected chi connectivity index (χ1v) is 3.99. The number of hydrogen-bond donors (Lipinski definition) is 0. The SMILES string of the molecule is CCOC(=O)CC(=O)OC(C)Cl. The maximum atomic E-state index is 10.7. The molecule has 0 rings (SSSR count). The Balaban J connectivity index is 3.62. The van der Waals surface area contributed by atoms with E-state index in [2.05, 4.69) is 9.47 Å². The minimum Gasteiger partial charge on any atom is -0.466 e. The van der Waals surface area contributed by atoms with Crippen LogP contribution in [0.1, 0.15) is 20.3 Å². The third-order valence-electron chi connectivity index (χ3n) is 0.888. The van der Waals surface area contributed by atoms with Gasteiger partial charge >= 0.3 is 11.9 Å². The van der Waals surface area contributed by atoms with Gasteiger partial charge in [0.05, 0.1) is 6.61 Å². The van der Waals surface area contributed by atoms with Crippen LogP contribution in [0.2, 0.25) is 0 Å². The first-order valence-electron chi connectivity index (χ1n) is 3.55. The lowest BCUT2D eigenvalue weighted by molar-refractivity contribution is -0.154. The van der Waals surface area contributed by atoms with Gasteiger partial charge in [0.1, 0.15) is 6.42 Å². The van der Waals surface area contributed by atoms with E-state index in [1.54, 1.807) is 6.92 Å². The number of halogens is 1. The molecular weight excluding hydrogens is 184 g/mol. The smallest absolute Gasteiger partial charge is 0.318 e. The van der Waals surface area contributed by atoms with Crippen molar-refractivity contribution in [2.24, 2.45) is 0 Å². The maximum absolute atomic E-state index is 10.7. The predicted octanol–water partition coefficient (Wildman–Crippen LogP) is 1.07. The highest BCUT2D eigenvalue weighted by atomic mass is 35.5. The van der Waals surface area contributed by atoms with Crippen molar-refractivity contribution in [1.82, 2.24) is 0 Å². The average molecular weight is 195 g/mol. The Hall–Kier alpha value is -0.770. The minimum atomic E-state index is -0.716. The number of ether oxygens (including phenoxy) is 2. The fourth-order valence-corrected chi connectivity index (χ4v) is 0.652. The van der Waals surface area contributed by atoms with Crippen molar-refractivity contribution in [3.8, 4) is 0 Å². The van der Waals surface area contributed by atoms with E-state index in [-0.39, 0.29) is 13.0 Å². The molecule has 5 heteroatoms. The Bertz CT molecular complexity index is 167. The van der Waals surface area contributed by atoms with Crippen molar-refractivity contribution in [3.63, 3.8) is 0 Å². The van der Waals surface area contributed by atoms with Gasteiger partial charge in [0.15, 0.2) is 5.56 Å². The van der Waals surface area contributed by atoms with Gasteiger partial charge in [0.2, 0.25) is 0 Å². The number of carbonyl (C=O) groups is 2. The molecule has 0 N–H and O–H groups in total. The molecule has 0 saturated heterocycles. The Morgan fingerprint density at radius 1 is 1.42 bits per heavy atom. The van der Waals surface area contributed by atoms with Crippen LogP contribution in [-0.2, 0) is 19.1 Å². The lowest BCUT2D eigenvalue weighted by atomic mass is 10.4. The summed E-state index contributed by atoms with van der Waals surface area (Å²) in [6.07, 6.45) is -0.384. The summed E-state index contributed by atoms with van der Waals surface area (Å²) in [6, 6.07) is 0. The molecule has 0 radical (unpaired) electrons. The molecule has 0 heterocycles. The number of rotatable bonds is 4. The van der Waals surface area contributed by atoms with Crippen LogP contribution in [-0.4, -0.2) is 24.1 Å². The van der Waals surface area contributed by atoms with Gasteiger partial charge < -0.3 is 9.47 Å². The van der Waals surface area contributed by atoms with Crippen LogP contribution < -0.4 is 0 Å². The van der Waals surface area contributed by atoms with Crippen LogP contribution in [0.15, 0.2) is 0 Å². The van der Waals surface area contributed by atoms with Crippen LogP contribution in [0.25, 0.3) is 0 Å². The molecule has 0 bridgehead atoms. The standard InChI is InChI=1S/C7H11ClO4/c1-3-11-6(9)4-7(10)12-5(2)8/h5H,3-4H2,1-2H3. The third kappa shape index (κ3) is 5.97. The fraction of sp³-hybridized carbons (Fsp3) is 0.714.